The Hall–Kier alpha value is -2.61. The number of thioether (sulfide) groups is 1. The van der Waals surface area contributed by atoms with Gasteiger partial charge < -0.3 is 11.1 Å². The fourth-order valence-electron chi connectivity index (χ4n) is 2.15. The summed E-state index contributed by atoms with van der Waals surface area (Å²) < 4.78 is 0. The van der Waals surface area contributed by atoms with Gasteiger partial charge in [0, 0.05) is 17.4 Å². The van der Waals surface area contributed by atoms with Crippen LogP contribution >= 0.6 is 11.8 Å². The number of rotatable bonds is 4. The molecule has 4 N–H and O–H groups in total. The molecule has 0 fully saturated rings. The molecule has 1 atom stereocenters. The van der Waals surface area contributed by atoms with Gasteiger partial charge in [0.25, 0.3) is 0 Å². The van der Waals surface area contributed by atoms with Crippen LogP contribution in [0.5, 0.6) is 0 Å². The summed E-state index contributed by atoms with van der Waals surface area (Å²) >= 11 is 1.14. The number of benzene rings is 1. The van der Waals surface area contributed by atoms with Crippen molar-refractivity contribution in [1.82, 2.24) is 15.3 Å². The third kappa shape index (κ3) is 5.46. The van der Waals surface area contributed by atoms with E-state index in [1.807, 2.05) is 26.0 Å². The second-order valence-electron chi connectivity index (χ2n) is 5.74. The Balaban J connectivity index is 1.94. The predicted octanol–water partition coefficient (Wildman–Crippen LogP) is 2.81. The predicted molar refractivity (Wildman–Crippen MR) is 99.6 cm³/mol. The Labute approximate surface area is 150 Å². The molecule has 2 aromatic rings. The van der Waals surface area contributed by atoms with Crippen molar-refractivity contribution in [3.8, 4) is 0 Å². The lowest BCUT2D eigenvalue weighted by atomic mass is 10.1. The summed E-state index contributed by atoms with van der Waals surface area (Å²) in [6.45, 7) is 7.33. The lowest BCUT2D eigenvalue weighted by molar-refractivity contribution is -0.119. The number of urea groups is 1. The van der Waals surface area contributed by atoms with Gasteiger partial charge in [-0.1, -0.05) is 29.5 Å². The van der Waals surface area contributed by atoms with E-state index < -0.39 is 17.2 Å². The standard InChI is InChI=1S/C17H21N5O2S/c1-9-5-6-13(10(2)7-9)20-16(24)22-15(23)12(4)25-17-19-11(3)8-14(18)21-17/h5-8,12H,1-4H3,(H2,18,19,21)(H2,20,22,23,24)/t12-/m0/s1. The smallest absolute Gasteiger partial charge is 0.325 e. The summed E-state index contributed by atoms with van der Waals surface area (Å²) in [6, 6.07) is 6.72. The summed E-state index contributed by atoms with van der Waals surface area (Å²) in [7, 11) is 0. The van der Waals surface area contributed by atoms with Crippen LogP contribution in [-0.2, 0) is 4.79 Å². The monoisotopic (exact) mass is 359 g/mol. The molecule has 25 heavy (non-hydrogen) atoms. The van der Waals surface area contributed by atoms with E-state index >= 15 is 0 Å². The molecular weight excluding hydrogens is 338 g/mol. The summed E-state index contributed by atoms with van der Waals surface area (Å²) in [6.07, 6.45) is 0. The van der Waals surface area contributed by atoms with Crippen LogP contribution in [0.25, 0.3) is 0 Å². The Morgan fingerprint density at radius 3 is 2.52 bits per heavy atom. The van der Waals surface area contributed by atoms with Gasteiger partial charge in [-0.05, 0) is 39.3 Å². The van der Waals surface area contributed by atoms with E-state index in [1.54, 1.807) is 26.0 Å². The molecule has 0 saturated carbocycles. The van der Waals surface area contributed by atoms with E-state index in [4.69, 9.17) is 5.73 Å². The molecule has 0 aliphatic heterocycles. The van der Waals surface area contributed by atoms with Crippen LogP contribution in [0, 0.1) is 20.8 Å². The number of aryl methyl sites for hydroxylation is 3. The average molecular weight is 359 g/mol. The molecule has 0 bridgehead atoms. The summed E-state index contributed by atoms with van der Waals surface area (Å²) in [5.74, 6) is -0.0915. The van der Waals surface area contributed by atoms with Gasteiger partial charge in [-0.3, -0.25) is 10.1 Å². The molecule has 0 unspecified atom stereocenters. The van der Waals surface area contributed by atoms with E-state index in [0.717, 1.165) is 28.6 Å². The van der Waals surface area contributed by atoms with Crippen molar-refractivity contribution < 1.29 is 9.59 Å². The van der Waals surface area contributed by atoms with Gasteiger partial charge in [-0.15, -0.1) is 0 Å². The van der Waals surface area contributed by atoms with Crippen molar-refractivity contribution in [2.75, 3.05) is 11.1 Å². The number of hydrogen-bond acceptors (Lipinski definition) is 6. The second kappa shape index (κ2) is 7.98. The average Bonchev–Trinajstić information content (AvgIpc) is 2.49. The highest BCUT2D eigenvalue weighted by Crippen LogP contribution is 2.21. The first-order chi connectivity index (χ1) is 11.7. The normalized spacial score (nSPS) is 11.7. The first-order valence-electron chi connectivity index (χ1n) is 7.71. The zero-order chi connectivity index (χ0) is 18.6. The fraction of sp³-hybridized carbons (Fsp3) is 0.294. The van der Waals surface area contributed by atoms with E-state index in [9.17, 15) is 9.59 Å². The van der Waals surface area contributed by atoms with Crippen molar-refractivity contribution in [3.05, 3.63) is 41.1 Å². The Bertz CT molecular complexity index is 789. The number of carbonyl (C=O) groups excluding carboxylic acids is 2. The van der Waals surface area contributed by atoms with Gasteiger partial charge in [0.05, 0.1) is 5.25 Å². The highest BCUT2D eigenvalue weighted by molar-refractivity contribution is 8.00. The third-order valence-corrected chi connectivity index (χ3v) is 4.33. The van der Waals surface area contributed by atoms with E-state index in [-0.39, 0.29) is 0 Å². The number of nitrogen functional groups attached to an aromatic ring is 1. The number of aromatic nitrogens is 2. The van der Waals surface area contributed by atoms with Crippen molar-refractivity contribution in [2.45, 2.75) is 38.1 Å². The van der Waals surface area contributed by atoms with Crippen molar-refractivity contribution in [3.63, 3.8) is 0 Å². The molecule has 0 aliphatic carbocycles. The molecule has 0 saturated heterocycles. The Morgan fingerprint density at radius 1 is 1.16 bits per heavy atom. The molecule has 1 heterocycles. The molecule has 0 spiro atoms. The van der Waals surface area contributed by atoms with Gasteiger partial charge >= 0.3 is 6.03 Å². The molecule has 1 aromatic carbocycles. The second-order valence-corrected chi connectivity index (χ2v) is 7.05. The molecule has 2 rings (SSSR count). The maximum absolute atomic E-state index is 12.2. The van der Waals surface area contributed by atoms with Gasteiger partial charge in [-0.25, -0.2) is 14.8 Å². The van der Waals surface area contributed by atoms with E-state index in [2.05, 4.69) is 20.6 Å². The van der Waals surface area contributed by atoms with E-state index in [1.165, 1.54) is 0 Å². The van der Waals surface area contributed by atoms with Gasteiger partial charge in [0.15, 0.2) is 5.16 Å². The lowest BCUT2D eigenvalue weighted by Gasteiger charge is -2.13. The Morgan fingerprint density at radius 2 is 1.88 bits per heavy atom. The highest BCUT2D eigenvalue weighted by Gasteiger charge is 2.19. The number of hydrogen-bond donors (Lipinski definition) is 3. The zero-order valence-electron chi connectivity index (χ0n) is 14.6. The molecule has 8 heteroatoms. The molecule has 7 nitrogen and oxygen atoms in total. The van der Waals surface area contributed by atoms with Crippen molar-refractivity contribution in [1.29, 1.82) is 0 Å². The van der Waals surface area contributed by atoms with Crippen LogP contribution in [0.15, 0.2) is 29.4 Å². The minimum atomic E-state index is -0.575. The van der Waals surface area contributed by atoms with Gasteiger partial charge in [0.2, 0.25) is 5.91 Å². The molecule has 0 radical (unpaired) electrons. The zero-order valence-corrected chi connectivity index (χ0v) is 15.4. The van der Waals surface area contributed by atoms with Gasteiger partial charge in [-0.2, -0.15) is 0 Å². The lowest BCUT2D eigenvalue weighted by Crippen LogP contribution is -2.39. The maximum Gasteiger partial charge on any atom is 0.325 e. The molecule has 0 aliphatic rings. The minimum Gasteiger partial charge on any atom is -0.384 e. The first-order valence-corrected chi connectivity index (χ1v) is 8.59. The molecule has 1 aromatic heterocycles. The molecule has 3 amide bonds. The number of anilines is 2. The largest absolute Gasteiger partial charge is 0.384 e. The quantitative estimate of drug-likeness (QED) is 0.572. The van der Waals surface area contributed by atoms with Crippen LogP contribution in [0.2, 0.25) is 0 Å². The van der Waals surface area contributed by atoms with Crippen molar-refractivity contribution in [2.24, 2.45) is 0 Å². The summed E-state index contributed by atoms with van der Waals surface area (Å²) in [5.41, 5.74) is 9.07. The van der Waals surface area contributed by atoms with Crippen LogP contribution in [0.3, 0.4) is 0 Å². The number of amides is 3. The Kier molecular flexibility index (Phi) is 5.97. The van der Waals surface area contributed by atoms with Crippen LogP contribution in [0.4, 0.5) is 16.3 Å². The van der Waals surface area contributed by atoms with Gasteiger partial charge in [0.1, 0.15) is 5.82 Å². The van der Waals surface area contributed by atoms with Crippen LogP contribution in [0.1, 0.15) is 23.7 Å². The minimum absolute atomic E-state index is 0.343. The highest BCUT2D eigenvalue weighted by atomic mass is 32.2. The van der Waals surface area contributed by atoms with Crippen LogP contribution < -0.4 is 16.4 Å². The molecule has 132 valence electrons. The number of carbonyl (C=O) groups is 2. The summed E-state index contributed by atoms with van der Waals surface area (Å²) in [4.78, 5) is 32.5. The van der Waals surface area contributed by atoms with Crippen molar-refractivity contribution >= 4 is 35.2 Å². The number of imide groups is 1. The summed E-state index contributed by atoms with van der Waals surface area (Å²) in [5, 5.41) is 4.84. The van der Waals surface area contributed by atoms with Crippen LogP contribution in [-0.4, -0.2) is 27.2 Å². The fourth-order valence-corrected chi connectivity index (χ4v) is 2.99. The first kappa shape index (κ1) is 18.7. The SMILES string of the molecule is Cc1ccc(NC(=O)NC(=O)[C@H](C)Sc2nc(C)cc(N)n2)c(C)c1. The maximum atomic E-state index is 12.2. The topological polar surface area (TPSA) is 110 Å². The number of nitrogens with two attached hydrogens (primary N) is 1. The number of nitrogens with zero attached hydrogens (tertiary/aromatic N) is 2. The third-order valence-electron chi connectivity index (χ3n) is 3.37. The number of nitrogens with one attached hydrogen (secondary N) is 2. The van der Waals surface area contributed by atoms with E-state index in [0.29, 0.717) is 16.7 Å². The molecular formula is C17H21N5O2S.